The van der Waals surface area contributed by atoms with E-state index in [9.17, 15) is 9.59 Å². The second kappa shape index (κ2) is 9.91. The van der Waals surface area contributed by atoms with E-state index in [0.717, 1.165) is 35.1 Å². The van der Waals surface area contributed by atoms with Crippen LogP contribution in [0.4, 0.5) is 19.3 Å². The third-order valence-electron chi connectivity index (χ3n) is 6.39. The van der Waals surface area contributed by atoms with Gasteiger partial charge >= 0.3 is 6.09 Å². The Kier molecular flexibility index (Phi) is 7.06. The molecule has 2 aliphatic heterocycles. The number of halogens is 2. The van der Waals surface area contributed by atoms with Crippen LogP contribution in [0.3, 0.4) is 0 Å². The van der Waals surface area contributed by atoms with Crippen LogP contribution in [0.2, 0.25) is 0 Å². The number of hydrogen-bond donors (Lipinski definition) is 0. The molecule has 2 amide bonds. The SMILES string of the molecule is COc1cc(OC)c(F)c(N2Cc3cnc(C4CCCN(C(=O)OC(C)(C)C)C4)cc3CC2=O)c1F. The molecule has 0 radical (unpaired) electrons. The van der Waals surface area contributed by atoms with Gasteiger partial charge in [-0.05, 0) is 50.8 Å². The number of ether oxygens (including phenoxy) is 3. The van der Waals surface area contributed by atoms with Gasteiger partial charge in [-0.15, -0.1) is 0 Å². The summed E-state index contributed by atoms with van der Waals surface area (Å²) in [6, 6.07) is 2.97. The Bertz CT molecular complexity index is 1150. The topological polar surface area (TPSA) is 81.2 Å². The molecule has 3 heterocycles. The van der Waals surface area contributed by atoms with E-state index in [1.807, 2.05) is 26.8 Å². The molecule has 0 saturated carbocycles. The molecule has 2 aromatic rings. The summed E-state index contributed by atoms with van der Waals surface area (Å²) in [5, 5.41) is 0. The first-order valence-electron chi connectivity index (χ1n) is 11.9. The lowest BCUT2D eigenvalue weighted by atomic mass is 9.91. The normalized spacial score (nSPS) is 18.1. The van der Waals surface area contributed by atoms with Crippen molar-refractivity contribution in [2.75, 3.05) is 32.2 Å². The highest BCUT2D eigenvalue weighted by atomic mass is 19.1. The predicted octanol–water partition coefficient (Wildman–Crippen LogP) is 4.58. The average molecular weight is 504 g/mol. The highest BCUT2D eigenvalue weighted by molar-refractivity contribution is 5.97. The standard InChI is InChI=1S/C26H31F2N3O5/c1-26(2,3)36-25(33)30-8-6-7-15(13-30)18-9-16-10-21(32)31(14-17(16)12-29-18)24-22(27)19(34-4)11-20(35-5)23(24)28/h9,11-12,15H,6-8,10,13-14H2,1-5H3. The number of benzene rings is 1. The monoisotopic (exact) mass is 503 g/mol. The molecule has 1 atom stereocenters. The van der Waals surface area contributed by atoms with Gasteiger partial charge in [-0.3, -0.25) is 9.78 Å². The molecule has 1 aromatic heterocycles. The summed E-state index contributed by atoms with van der Waals surface area (Å²) in [5.41, 5.74) is 1.14. The number of likely N-dealkylation sites (tertiary alicyclic amines) is 1. The van der Waals surface area contributed by atoms with Gasteiger partial charge in [0.1, 0.15) is 11.3 Å². The van der Waals surface area contributed by atoms with Crippen molar-refractivity contribution in [2.24, 2.45) is 0 Å². The first kappa shape index (κ1) is 25.7. The molecular formula is C26H31F2N3O5. The number of amides is 2. The fraction of sp³-hybridized carbons (Fsp3) is 0.500. The third-order valence-corrected chi connectivity index (χ3v) is 6.39. The summed E-state index contributed by atoms with van der Waals surface area (Å²) in [7, 11) is 2.51. The fourth-order valence-electron chi connectivity index (χ4n) is 4.62. The van der Waals surface area contributed by atoms with E-state index in [4.69, 9.17) is 14.2 Å². The van der Waals surface area contributed by atoms with Crippen LogP contribution in [-0.4, -0.2) is 54.8 Å². The number of fused-ring (bicyclic) bond motifs is 1. The minimum Gasteiger partial charge on any atom is -0.493 e. The number of anilines is 1. The van der Waals surface area contributed by atoms with E-state index >= 15 is 8.78 Å². The summed E-state index contributed by atoms with van der Waals surface area (Å²) in [4.78, 5) is 32.9. The molecule has 0 spiro atoms. The molecule has 1 aromatic carbocycles. The van der Waals surface area contributed by atoms with Crippen LogP contribution >= 0.6 is 0 Å². The van der Waals surface area contributed by atoms with Crippen molar-refractivity contribution in [2.45, 2.75) is 58.1 Å². The van der Waals surface area contributed by atoms with Crippen LogP contribution < -0.4 is 14.4 Å². The molecule has 1 fully saturated rings. The van der Waals surface area contributed by atoms with Gasteiger partial charge in [0.25, 0.3) is 0 Å². The van der Waals surface area contributed by atoms with E-state index in [1.165, 1.54) is 14.2 Å². The Morgan fingerprint density at radius 1 is 1.08 bits per heavy atom. The van der Waals surface area contributed by atoms with E-state index in [0.29, 0.717) is 18.7 Å². The van der Waals surface area contributed by atoms with Gasteiger partial charge in [0.2, 0.25) is 5.91 Å². The number of rotatable bonds is 4. The van der Waals surface area contributed by atoms with E-state index < -0.39 is 28.8 Å². The first-order chi connectivity index (χ1) is 17.0. The second-order valence-corrected chi connectivity index (χ2v) is 10.1. The smallest absolute Gasteiger partial charge is 0.410 e. The fourth-order valence-corrected chi connectivity index (χ4v) is 4.62. The average Bonchev–Trinajstić information content (AvgIpc) is 2.83. The van der Waals surface area contributed by atoms with E-state index in [1.54, 1.807) is 11.1 Å². The lowest BCUT2D eigenvalue weighted by Crippen LogP contribution is -2.42. The Hall–Kier alpha value is -3.43. The number of methoxy groups -OCH3 is 2. The van der Waals surface area contributed by atoms with Crippen molar-refractivity contribution >= 4 is 17.7 Å². The predicted molar refractivity (Wildman–Crippen MR) is 128 cm³/mol. The molecule has 8 nitrogen and oxygen atoms in total. The maximum Gasteiger partial charge on any atom is 0.410 e. The highest BCUT2D eigenvalue weighted by Gasteiger charge is 2.34. The first-order valence-corrected chi connectivity index (χ1v) is 11.9. The van der Waals surface area contributed by atoms with Crippen molar-refractivity contribution in [1.29, 1.82) is 0 Å². The molecule has 2 aliphatic rings. The van der Waals surface area contributed by atoms with E-state index in [2.05, 4.69) is 4.98 Å². The molecule has 0 aliphatic carbocycles. The van der Waals surface area contributed by atoms with Crippen molar-refractivity contribution in [3.8, 4) is 11.5 Å². The number of pyridine rings is 1. The number of hydrogen-bond acceptors (Lipinski definition) is 6. The van der Waals surface area contributed by atoms with Gasteiger partial charge in [-0.1, -0.05) is 0 Å². The van der Waals surface area contributed by atoms with Crippen LogP contribution in [0.5, 0.6) is 11.5 Å². The van der Waals surface area contributed by atoms with Crippen LogP contribution in [0.25, 0.3) is 0 Å². The van der Waals surface area contributed by atoms with Gasteiger partial charge < -0.3 is 24.0 Å². The summed E-state index contributed by atoms with van der Waals surface area (Å²) in [6.07, 6.45) is 2.92. The zero-order valence-corrected chi connectivity index (χ0v) is 21.2. The number of carbonyl (C=O) groups excluding carboxylic acids is 2. The third kappa shape index (κ3) is 5.08. The Morgan fingerprint density at radius 2 is 1.75 bits per heavy atom. The zero-order valence-electron chi connectivity index (χ0n) is 21.2. The Labute approximate surface area is 209 Å². The highest BCUT2D eigenvalue weighted by Crippen LogP contribution is 2.39. The van der Waals surface area contributed by atoms with Gasteiger partial charge in [-0.25, -0.2) is 13.6 Å². The molecule has 36 heavy (non-hydrogen) atoms. The molecule has 1 unspecified atom stereocenters. The molecule has 4 rings (SSSR count). The lowest BCUT2D eigenvalue weighted by molar-refractivity contribution is -0.118. The second-order valence-electron chi connectivity index (χ2n) is 10.1. The maximum absolute atomic E-state index is 15.0. The largest absolute Gasteiger partial charge is 0.493 e. The zero-order chi connectivity index (χ0) is 26.2. The van der Waals surface area contributed by atoms with Gasteiger partial charge in [0.15, 0.2) is 23.1 Å². The molecule has 194 valence electrons. The van der Waals surface area contributed by atoms with Gasteiger partial charge in [0, 0.05) is 37.0 Å². The summed E-state index contributed by atoms with van der Waals surface area (Å²) in [6.45, 7) is 6.54. The number of aromatic nitrogens is 1. The molecule has 1 saturated heterocycles. The quantitative estimate of drug-likeness (QED) is 0.608. The van der Waals surface area contributed by atoms with Gasteiger partial charge in [0.05, 0.1) is 27.2 Å². The van der Waals surface area contributed by atoms with Crippen LogP contribution in [0, 0.1) is 11.6 Å². The van der Waals surface area contributed by atoms with Crippen molar-refractivity contribution < 1.29 is 32.6 Å². The van der Waals surface area contributed by atoms with Crippen molar-refractivity contribution in [1.82, 2.24) is 9.88 Å². The van der Waals surface area contributed by atoms with Crippen LogP contribution in [-0.2, 0) is 22.5 Å². The van der Waals surface area contributed by atoms with Crippen molar-refractivity contribution in [3.05, 3.63) is 46.8 Å². The van der Waals surface area contributed by atoms with Crippen molar-refractivity contribution in [3.63, 3.8) is 0 Å². The maximum atomic E-state index is 15.0. The minimum absolute atomic E-state index is 0.00207. The lowest BCUT2D eigenvalue weighted by Gasteiger charge is -2.34. The molecule has 0 N–H and O–H groups in total. The summed E-state index contributed by atoms with van der Waals surface area (Å²) in [5.74, 6) is -2.83. The number of nitrogens with zero attached hydrogens (tertiary/aromatic N) is 3. The Balaban J connectivity index is 1.57. The molecule has 0 bridgehead atoms. The summed E-state index contributed by atoms with van der Waals surface area (Å²) < 4.78 is 45.6. The van der Waals surface area contributed by atoms with E-state index in [-0.39, 0.29) is 36.5 Å². The number of piperidine rings is 1. The van der Waals surface area contributed by atoms with Crippen LogP contribution in [0.1, 0.15) is 56.4 Å². The molecular weight excluding hydrogens is 472 g/mol. The number of carbonyl (C=O) groups is 2. The molecule has 10 heteroatoms. The Morgan fingerprint density at radius 3 is 2.36 bits per heavy atom. The summed E-state index contributed by atoms with van der Waals surface area (Å²) >= 11 is 0. The van der Waals surface area contributed by atoms with Gasteiger partial charge in [-0.2, -0.15) is 0 Å². The van der Waals surface area contributed by atoms with Crippen LogP contribution in [0.15, 0.2) is 18.3 Å². The minimum atomic E-state index is -0.971.